The van der Waals surface area contributed by atoms with Gasteiger partial charge in [0.15, 0.2) is 0 Å². The smallest absolute Gasteiger partial charge is 0.306 e. The summed E-state index contributed by atoms with van der Waals surface area (Å²) in [7, 11) is 0. The topological polar surface area (TPSA) is 66.9 Å². The van der Waals surface area contributed by atoms with Crippen LogP contribution in [-0.2, 0) is 6.42 Å². The lowest BCUT2D eigenvalue weighted by molar-refractivity contribution is 0.262. The summed E-state index contributed by atoms with van der Waals surface area (Å²) in [5.74, 6) is 0. The Hall–Kier alpha value is -1.86. The van der Waals surface area contributed by atoms with E-state index in [1.165, 1.54) is 11.3 Å². The minimum Gasteiger partial charge on any atom is -0.306 e. The Morgan fingerprint density at radius 3 is 2.40 bits per heavy atom. The van der Waals surface area contributed by atoms with Crippen molar-refractivity contribution in [3.05, 3.63) is 68.1 Å². The zero-order valence-electron chi connectivity index (χ0n) is 12.6. The molecule has 0 aliphatic heterocycles. The number of anilines is 2. The molecule has 0 unspecified atom stereocenters. The van der Waals surface area contributed by atoms with Crippen molar-refractivity contribution in [2.75, 3.05) is 10.6 Å². The van der Waals surface area contributed by atoms with Crippen LogP contribution in [0.3, 0.4) is 0 Å². The van der Waals surface area contributed by atoms with Crippen molar-refractivity contribution in [1.82, 2.24) is 10.2 Å². The number of halogens is 3. The molecule has 2 N–H and O–H groups in total. The molecule has 1 aromatic heterocycles. The molecule has 2 amide bonds. The lowest BCUT2D eigenvalue weighted by Gasteiger charge is -2.07. The molecule has 0 saturated carbocycles. The number of benzene rings is 2. The van der Waals surface area contributed by atoms with Crippen LogP contribution in [0.25, 0.3) is 0 Å². The van der Waals surface area contributed by atoms with Gasteiger partial charge in [-0.1, -0.05) is 58.3 Å². The standard InChI is InChI=1S/C16H11Cl3N4OS/c17-10-3-1-9(2-4-10)7-14-22-23-16(25-14)21-15(24)20-13-6-5-11(18)8-12(13)19/h1-6,8H,7H2,(H2,20,21,23,24). The predicted molar refractivity (Wildman–Crippen MR) is 103 cm³/mol. The molecule has 0 saturated heterocycles. The van der Waals surface area contributed by atoms with Gasteiger partial charge >= 0.3 is 6.03 Å². The van der Waals surface area contributed by atoms with Gasteiger partial charge in [0.2, 0.25) is 5.13 Å². The lowest BCUT2D eigenvalue weighted by atomic mass is 10.2. The number of rotatable bonds is 4. The Morgan fingerprint density at radius 2 is 1.68 bits per heavy atom. The summed E-state index contributed by atoms with van der Waals surface area (Å²) in [6.07, 6.45) is 0.612. The van der Waals surface area contributed by atoms with Crippen LogP contribution in [0.5, 0.6) is 0 Å². The summed E-state index contributed by atoms with van der Waals surface area (Å²) in [6.45, 7) is 0. The van der Waals surface area contributed by atoms with Crippen LogP contribution in [-0.4, -0.2) is 16.2 Å². The Balaban J connectivity index is 1.60. The van der Waals surface area contributed by atoms with Crippen molar-refractivity contribution in [3.63, 3.8) is 0 Å². The third-order valence-corrected chi connectivity index (χ3v) is 4.77. The van der Waals surface area contributed by atoms with Gasteiger partial charge in [0, 0.05) is 16.5 Å². The van der Waals surface area contributed by atoms with E-state index in [1.54, 1.807) is 18.2 Å². The quantitative estimate of drug-likeness (QED) is 0.573. The number of carbonyl (C=O) groups is 1. The molecule has 0 aliphatic carbocycles. The highest BCUT2D eigenvalue weighted by molar-refractivity contribution is 7.15. The van der Waals surface area contributed by atoms with E-state index in [-0.39, 0.29) is 0 Å². The molecular weight excluding hydrogens is 403 g/mol. The van der Waals surface area contributed by atoms with Crippen molar-refractivity contribution in [2.45, 2.75) is 6.42 Å². The molecule has 0 fully saturated rings. The van der Waals surface area contributed by atoms with E-state index in [4.69, 9.17) is 34.8 Å². The Morgan fingerprint density at radius 1 is 0.960 bits per heavy atom. The van der Waals surface area contributed by atoms with Crippen molar-refractivity contribution in [3.8, 4) is 0 Å². The maximum atomic E-state index is 12.0. The normalized spacial score (nSPS) is 10.5. The van der Waals surface area contributed by atoms with Gasteiger partial charge in [0.25, 0.3) is 0 Å². The predicted octanol–water partition coefficient (Wildman–Crippen LogP) is 5.73. The SMILES string of the molecule is O=C(Nc1nnc(Cc2ccc(Cl)cc2)s1)Nc1ccc(Cl)cc1Cl. The molecule has 0 aliphatic rings. The minimum atomic E-state index is -0.460. The fourth-order valence-corrected chi connectivity index (χ4v) is 3.34. The van der Waals surface area contributed by atoms with Gasteiger partial charge in [-0.2, -0.15) is 0 Å². The van der Waals surface area contributed by atoms with Crippen LogP contribution in [0.1, 0.15) is 10.6 Å². The number of nitrogens with one attached hydrogen (secondary N) is 2. The number of carbonyl (C=O) groups excluding carboxylic acids is 1. The maximum absolute atomic E-state index is 12.0. The van der Waals surface area contributed by atoms with E-state index in [2.05, 4.69) is 20.8 Å². The first kappa shape index (κ1) is 17.9. The molecule has 1 heterocycles. The molecule has 2 aromatic carbocycles. The molecule has 3 aromatic rings. The highest BCUT2D eigenvalue weighted by Crippen LogP contribution is 2.26. The summed E-state index contributed by atoms with van der Waals surface area (Å²) in [5, 5.41) is 16.0. The summed E-state index contributed by atoms with van der Waals surface area (Å²) in [4.78, 5) is 12.0. The number of hydrogen-bond acceptors (Lipinski definition) is 4. The van der Waals surface area contributed by atoms with E-state index in [0.29, 0.717) is 32.3 Å². The first-order valence-electron chi connectivity index (χ1n) is 7.09. The summed E-state index contributed by atoms with van der Waals surface area (Å²) in [5.41, 5.74) is 1.51. The highest BCUT2D eigenvalue weighted by Gasteiger charge is 2.10. The number of aromatic nitrogens is 2. The zero-order valence-corrected chi connectivity index (χ0v) is 15.7. The molecule has 0 radical (unpaired) electrons. The average Bonchev–Trinajstić information content (AvgIpc) is 2.99. The van der Waals surface area contributed by atoms with E-state index in [9.17, 15) is 4.79 Å². The molecular formula is C16H11Cl3N4OS. The van der Waals surface area contributed by atoms with Crippen molar-refractivity contribution in [1.29, 1.82) is 0 Å². The molecule has 25 heavy (non-hydrogen) atoms. The van der Waals surface area contributed by atoms with Crippen LogP contribution < -0.4 is 10.6 Å². The van der Waals surface area contributed by atoms with Crippen molar-refractivity contribution < 1.29 is 4.79 Å². The van der Waals surface area contributed by atoms with Gasteiger partial charge in [0.05, 0.1) is 10.7 Å². The van der Waals surface area contributed by atoms with E-state index in [0.717, 1.165) is 10.6 Å². The minimum absolute atomic E-state index is 0.350. The Kier molecular flexibility index (Phi) is 5.75. The van der Waals surface area contributed by atoms with Gasteiger partial charge in [-0.15, -0.1) is 10.2 Å². The van der Waals surface area contributed by atoms with Crippen LogP contribution in [0.15, 0.2) is 42.5 Å². The summed E-state index contributed by atoms with van der Waals surface area (Å²) >= 11 is 19.0. The third kappa shape index (κ3) is 5.06. The van der Waals surface area contributed by atoms with Crippen LogP contribution in [0.4, 0.5) is 15.6 Å². The first-order valence-corrected chi connectivity index (χ1v) is 9.04. The van der Waals surface area contributed by atoms with Crippen LogP contribution in [0.2, 0.25) is 15.1 Å². The fourth-order valence-electron chi connectivity index (χ4n) is 1.99. The number of amides is 2. The number of hydrogen-bond donors (Lipinski definition) is 2. The van der Waals surface area contributed by atoms with E-state index in [1.807, 2.05) is 24.3 Å². The second-order valence-electron chi connectivity index (χ2n) is 5.01. The molecule has 9 heteroatoms. The number of urea groups is 1. The molecule has 0 spiro atoms. The first-order chi connectivity index (χ1) is 12.0. The van der Waals surface area contributed by atoms with Crippen LogP contribution in [0, 0.1) is 0 Å². The van der Waals surface area contributed by atoms with Gasteiger partial charge < -0.3 is 5.32 Å². The summed E-state index contributed by atoms with van der Waals surface area (Å²) < 4.78 is 0. The fraction of sp³-hybridized carbons (Fsp3) is 0.0625. The molecule has 5 nitrogen and oxygen atoms in total. The maximum Gasteiger partial charge on any atom is 0.325 e. The highest BCUT2D eigenvalue weighted by atomic mass is 35.5. The zero-order chi connectivity index (χ0) is 17.8. The van der Waals surface area contributed by atoms with Crippen molar-refractivity contribution in [2.24, 2.45) is 0 Å². The van der Waals surface area contributed by atoms with Gasteiger partial charge in [-0.25, -0.2) is 4.79 Å². The van der Waals surface area contributed by atoms with Gasteiger partial charge in [-0.05, 0) is 35.9 Å². The largest absolute Gasteiger partial charge is 0.325 e. The third-order valence-electron chi connectivity index (χ3n) is 3.14. The second kappa shape index (κ2) is 8.01. The molecule has 0 bridgehead atoms. The van der Waals surface area contributed by atoms with Crippen molar-refractivity contribution >= 4 is 63.0 Å². The van der Waals surface area contributed by atoms with Gasteiger partial charge in [0.1, 0.15) is 5.01 Å². The van der Waals surface area contributed by atoms with E-state index < -0.39 is 6.03 Å². The summed E-state index contributed by atoms with van der Waals surface area (Å²) in [6, 6.07) is 11.8. The molecule has 128 valence electrons. The molecule has 3 rings (SSSR count). The second-order valence-corrected chi connectivity index (χ2v) is 7.35. The lowest BCUT2D eigenvalue weighted by Crippen LogP contribution is -2.19. The van der Waals surface area contributed by atoms with E-state index >= 15 is 0 Å². The van der Waals surface area contributed by atoms with Gasteiger partial charge in [-0.3, -0.25) is 5.32 Å². The number of nitrogens with zero attached hydrogens (tertiary/aromatic N) is 2. The average molecular weight is 414 g/mol. The molecule has 0 atom stereocenters. The Bertz CT molecular complexity index is 899. The monoisotopic (exact) mass is 412 g/mol. The van der Waals surface area contributed by atoms with Crippen LogP contribution >= 0.6 is 46.1 Å². The Labute approximate surface area is 162 Å².